The van der Waals surface area contributed by atoms with Crippen molar-refractivity contribution in [1.82, 2.24) is 4.57 Å². The number of rotatable bonds is 9. The maximum Gasteiger partial charge on any atom is 0.0702 e. The molecule has 0 saturated heterocycles. The molecule has 2 heteroatoms. The number of hydrogen-bond acceptors (Lipinski definition) is 1. The van der Waals surface area contributed by atoms with Crippen molar-refractivity contribution in [3.05, 3.63) is 277 Å². The Labute approximate surface area is 356 Å². The van der Waals surface area contributed by atoms with Crippen molar-refractivity contribution in [2.24, 2.45) is 0 Å². The Hall–Kier alpha value is -7.94. The lowest BCUT2D eigenvalue weighted by Gasteiger charge is -2.37. The van der Waals surface area contributed by atoms with E-state index in [4.69, 9.17) is 0 Å². The molecule has 0 spiro atoms. The molecule has 0 fully saturated rings. The average Bonchev–Trinajstić information content (AvgIpc) is 3.68. The van der Waals surface area contributed by atoms with Gasteiger partial charge in [0, 0.05) is 33.5 Å². The van der Waals surface area contributed by atoms with Gasteiger partial charge in [-0.2, -0.15) is 0 Å². The molecule has 0 N–H and O–H groups in total. The first-order chi connectivity index (χ1) is 30.3. The van der Waals surface area contributed by atoms with Crippen LogP contribution in [-0.4, -0.2) is 4.57 Å². The Morgan fingerprint density at radius 1 is 0.311 bits per heavy atom. The van der Waals surface area contributed by atoms with Crippen LogP contribution >= 0.6 is 0 Å². The summed E-state index contributed by atoms with van der Waals surface area (Å²) in [5.74, 6) is 0. The molecule has 2 nitrogen and oxygen atoms in total. The van der Waals surface area contributed by atoms with E-state index < -0.39 is 5.41 Å². The first kappa shape index (κ1) is 36.2. The van der Waals surface area contributed by atoms with Crippen molar-refractivity contribution in [2.45, 2.75) is 5.41 Å². The largest absolute Gasteiger partial charge is 0.310 e. The molecular formula is C59H42N2. The fraction of sp³-hybridized carbons (Fsp3) is 0.0169. The van der Waals surface area contributed by atoms with Crippen LogP contribution in [0.25, 0.3) is 49.4 Å². The fourth-order valence-electron chi connectivity index (χ4n) is 9.61. The minimum Gasteiger partial charge on any atom is -0.310 e. The van der Waals surface area contributed by atoms with E-state index in [1.54, 1.807) is 0 Å². The number of para-hydroxylation sites is 2. The normalized spacial score (nSPS) is 11.6. The number of hydrogen-bond donors (Lipinski definition) is 0. The highest BCUT2D eigenvalue weighted by Crippen LogP contribution is 2.47. The third-order valence-electron chi connectivity index (χ3n) is 12.3. The molecule has 11 rings (SSSR count). The van der Waals surface area contributed by atoms with E-state index in [9.17, 15) is 0 Å². The number of benzene rings is 10. The standard InChI is InChI=1S/C59H42N2/c1-4-20-45(21-5-1)59(46-22-6-2-7-23-46,47-24-8-3-9-25-47)48-26-17-27-52(42-48)60(49-36-34-44(35-37-49)54-31-16-19-43-18-10-11-28-53(43)54)50-38-40-51(41-39-50)61-57-32-14-12-29-55(57)56-30-13-15-33-58(56)61/h1-42H. The van der Waals surface area contributed by atoms with Gasteiger partial charge in [-0.15, -0.1) is 0 Å². The molecule has 0 unspecified atom stereocenters. The van der Waals surface area contributed by atoms with Gasteiger partial charge in [0.1, 0.15) is 0 Å². The second-order valence-corrected chi connectivity index (χ2v) is 15.7. The smallest absolute Gasteiger partial charge is 0.0702 e. The van der Waals surface area contributed by atoms with Crippen LogP contribution < -0.4 is 4.90 Å². The number of nitrogens with zero attached hydrogens (tertiary/aromatic N) is 2. The highest BCUT2D eigenvalue weighted by molar-refractivity contribution is 6.09. The van der Waals surface area contributed by atoms with E-state index in [0.717, 1.165) is 22.7 Å². The van der Waals surface area contributed by atoms with E-state index in [1.807, 2.05) is 0 Å². The molecule has 0 aliphatic heterocycles. The van der Waals surface area contributed by atoms with E-state index in [-0.39, 0.29) is 0 Å². The highest BCUT2D eigenvalue weighted by Gasteiger charge is 2.38. The summed E-state index contributed by atoms with van der Waals surface area (Å²) < 4.78 is 2.38. The van der Waals surface area contributed by atoms with Crippen LogP contribution in [0, 0.1) is 0 Å². The first-order valence-electron chi connectivity index (χ1n) is 21.0. The maximum absolute atomic E-state index is 2.40. The van der Waals surface area contributed by atoms with Crippen LogP contribution in [0.5, 0.6) is 0 Å². The summed E-state index contributed by atoms with van der Waals surface area (Å²) in [7, 11) is 0. The summed E-state index contributed by atoms with van der Waals surface area (Å²) in [5, 5.41) is 5.00. The van der Waals surface area contributed by atoms with Gasteiger partial charge in [0.2, 0.25) is 0 Å². The molecule has 0 amide bonds. The van der Waals surface area contributed by atoms with Gasteiger partial charge in [-0.05, 0) is 105 Å². The minimum atomic E-state index is -0.579. The average molecular weight is 779 g/mol. The monoisotopic (exact) mass is 778 g/mol. The molecule has 11 aromatic rings. The van der Waals surface area contributed by atoms with E-state index in [0.29, 0.717) is 0 Å². The Balaban J connectivity index is 1.10. The summed E-state index contributed by atoms with van der Waals surface area (Å²) in [6.45, 7) is 0. The van der Waals surface area contributed by atoms with Gasteiger partial charge >= 0.3 is 0 Å². The lowest BCUT2D eigenvalue weighted by molar-refractivity contribution is 0.745. The zero-order valence-corrected chi connectivity index (χ0v) is 33.6. The number of aromatic nitrogens is 1. The fourth-order valence-corrected chi connectivity index (χ4v) is 9.61. The Morgan fingerprint density at radius 3 is 1.33 bits per heavy atom. The Kier molecular flexibility index (Phi) is 9.09. The molecule has 1 aromatic heterocycles. The van der Waals surface area contributed by atoms with Crippen LogP contribution in [0.4, 0.5) is 17.1 Å². The molecular weight excluding hydrogens is 737 g/mol. The maximum atomic E-state index is 2.40. The molecule has 0 aliphatic rings. The zero-order chi connectivity index (χ0) is 40.6. The molecule has 10 aromatic carbocycles. The van der Waals surface area contributed by atoms with Crippen molar-refractivity contribution in [1.29, 1.82) is 0 Å². The lowest BCUT2D eigenvalue weighted by atomic mass is 9.65. The Bertz CT molecular complexity index is 3120. The third-order valence-corrected chi connectivity index (χ3v) is 12.3. The van der Waals surface area contributed by atoms with Crippen LogP contribution in [0.15, 0.2) is 255 Å². The van der Waals surface area contributed by atoms with Crippen LogP contribution in [-0.2, 0) is 5.41 Å². The minimum absolute atomic E-state index is 0.579. The van der Waals surface area contributed by atoms with Crippen LogP contribution in [0.1, 0.15) is 22.3 Å². The van der Waals surface area contributed by atoms with Crippen molar-refractivity contribution < 1.29 is 0 Å². The van der Waals surface area contributed by atoms with E-state index >= 15 is 0 Å². The van der Waals surface area contributed by atoms with Gasteiger partial charge in [0.15, 0.2) is 0 Å². The van der Waals surface area contributed by atoms with Gasteiger partial charge in [-0.1, -0.05) is 194 Å². The van der Waals surface area contributed by atoms with Gasteiger partial charge in [-0.3, -0.25) is 0 Å². The zero-order valence-electron chi connectivity index (χ0n) is 33.6. The van der Waals surface area contributed by atoms with Gasteiger partial charge < -0.3 is 9.47 Å². The molecule has 61 heavy (non-hydrogen) atoms. The molecule has 0 aliphatic carbocycles. The second kappa shape index (κ2) is 15.3. The molecule has 0 saturated carbocycles. The predicted molar refractivity (Wildman–Crippen MR) is 257 cm³/mol. The summed E-state index contributed by atoms with van der Waals surface area (Å²) >= 11 is 0. The van der Waals surface area contributed by atoms with Crippen molar-refractivity contribution in [2.75, 3.05) is 4.90 Å². The summed E-state index contributed by atoms with van der Waals surface area (Å²) in [4.78, 5) is 2.40. The van der Waals surface area contributed by atoms with Crippen molar-refractivity contribution in [3.63, 3.8) is 0 Å². The van der Waals surface area contributed by atoms with Gasteiger partial charge in [-0.25, -0.2) is 0 Å². The second-order valence-electron chi connectivity index (χ2n) is 15.7. The van der Waals surface area contributed by atoms with Crippen molar-refractivity contribution >= 4 is 49.6 Å². The molecule has 0 atom stereocenters. The molecule has 0 bridgehead atoms. The molecule has 1 heterocycles. The quantitative estimate of drug-likeness (QED) is 0.133. The number of anilines is 3. The highest BCUT2D eigenvalue weighted by atomic mass is 15.1. The van der Waals surface area contributed by atoms with Crippen LogP contribution in [0.2, 0.25) is 0 Å². The predicted octanol–water partition coefficient (Wildman–Crippen LogP) is 15.5. The lowest BCUT2D eigenvalue weighted by Crippen LogP contribution is -2.31. The molecule has 288 valence electrons. The first-order valence-corrected chi connectivity index (χ1v) is 21.0. The summed E-state index contributed by atoms with van der Waals surface area (Å²) in [6, 6.07) is 92.7. The number of fused-ring (bicyclic) bond motifs is 4. The molecule has 0 radical (unpaired) electrons. The van der Waals surface area contributed by atoms with E-state index in [2.05, 4.69) is 264 Å². The topological polar surface area (TPSA) is 8.17 Å². The Morgan fingerprint density at radius 2 is 0.754 bits per heavy atom. The third kappa shape index (κ3) is 6.20. The van der Waals surface area contributed by atoms with Gasteiger partial charge in [0.25, 0.3) is 0 Å². The van der Waals surface area contributed by atoms with E-state index in [1.165, 1.54) is 66.0 Å². The van der Waals surface area contributed by atoms with Gasteiger partial charge in [0.05, 0.1) is 16.4 Å². The SMILES string of the molecule is c1ccc(C(c2ccccc2)(c2ccccc2)c2cccc(N(c3ccc(-c4cccc5ccccc45)cc3)c3ccc(-n4c5ccccc5c5ccccc54)cc3)c2)cc1. The van der Waals surface area contributed by atoms with Crippen molar-refractivity contribution in [3.8, 4) is 16.8 Å². The van der Waals surface area contributed by atoms with Crippen LogP contribution in [0.3, 0.4) is 0 Å². The summed E-state index contributed by atoms with van der Waals surface area (Å²) in [5.41, 5.74) is 13.4. The summed E-state index contributed by atoms with van der Waals surface area (Å²) in [6.07, 6.45) is 0.